The van der Waals surface area contributed by atoms with Crippen LogP contribution in [0, 0.1) is 5.95 Å². The summed E-state index contributed by atoms with van der Waals surface area (Å²) in [4.78, 5) is 15.1. The molecule has 1 aromatic carbocycles. The summed E-state index contributed by atoms with van der Waals surface area (Å²) in [5.41, 5.74) is 0.761. The molecule has 1 aromatic heterocycles. The smallest absolute Gasteiger partial charge is 0.406 e. The molecule has 0 spiro atoms. The molecule has 2 aromatic rings. The molecule has 0 aliphatic carbocycles. The van der Waals surface area contributed by atoms with Gasteiger partial charge in [-0.25, -0.2) is 4.98 Å². The molecule has 0 radical (unpaired) electrons. The van der Waals surface area contributed by atoms with Gasteiger partial charge in [0.1, 0.15) is 5.75 Å². The number of halogens is 4. The van der Waals surface area contributed by atoms with Crippen LogP contribution in [0.5, 0.6) is 5.75 Å². The van der Waals surface area contributed by atoms with Gasteiger partial charge in [0.05, 0.1) is 5.56 Å². The van der Waals surface area contributed by atoms with Gasteiger partial charge in [0.15, 0.2) is 0 Å². The van der Waals surface area contributed by atoms with E-state index in [-0.39, 0.29) is 17.9 Å². The monoisotopic (exact) mass is 314 g/mol. The van der Waals surface area contributed by atoms with Crippen LogP contribution in [0.2, 0.25) is 0 Å². The maximum atomic E-state index is 12.6. The molecule has 4 nitrogen and oxygen atoms in total. The van der Waals surface area contributed by atoms with Gasteiger partial charge in [0, 0.05) is 12.7 Å². The second-order valence-electron chi connectivity index (χ2n) is 4.24. The normalized spacial score (nSPS) is 11.1. The van der Waals surface area contributed by atoms with Crippen LogP contribution in [-0.2, 0) is 6.54 Å². The molecule has 1 amide bonds. The van der Waals surface area contributed by atoms with Gasteiger partial charge in [0.2, 0.25) is 5.95 Å². The quantitative estimate of drug-likeness (QED) is 0.697. The second-order valence-corrected chi connectivity index (χ2v) is 4.24. The van der Waals surface area contributed by atoms with Crippen LogP contribution < -0.4 is 10.1 Å². The van der Waals surface area contributed by atoms with Crippen LogP contribution in [0.3, 0.4) is 0 Å². The number of carbonyl (C=O) groups is 1. The van der Waals surface area contributed by atoms with Crippen molar-refractivity contribution in [2.45, 2.75) is 12.9 Å². The van der Waals surface area contributed by atoms with Gasteiger partial charge in [-0.1, -0.05) is 12.1 Å². The Bertz CT molecular complexity index is 639. The van der Waals surface area contributed by atoms with E-state index in [4.69, 9.17) is 0 Å². The Kier molecular flexibility index (Phi) is 4.59. The molecule has 0 aliphatic rings. The molecule has 0 saturated heterocycles. The van der Waals surface area contributed by atoms with Gasteiger partial charge in [-0.15, -0.1) is 13.2 Å². The minimum Gasteiger partial charge on any atom is -0.406 e. The fraction of sp³-hybridized carbons (Fsp3) is 0.143. The maximum Gasteiger partial charge on any atom is 0.573 e. The van der Waals surface area contributed by atoms with Crippen LogP contribution >= 0.6 is 0 Å². The van der Waals surface area contributed by atoms with Crippen molar-refractivity contribution in [2.24, 2.45) is 0 Å². The van der Waals surface area contributed by atoms with Gasteiger partial charge < -0.3 is 10.1 Å². The van der Waals surface area contributed by atoms with Crippen molar-refractivity contribution < 1.29 is 27.1 Å². The fourth-order valence-corrected chi connectivity index (χ4v) is 1.60. The van der Waals surface area contributed by atoms with Crippen LogP contribution in [0.15, 0.2) is 42.6 Å². The Morgan fingerprint density at radius 3 is 2.36 bits per heavy atom. The molecule has 1 heterocycles. The summed E-state index contributed by atoms with van der Waals surface area (Å²) in [6, 6.07) is 7.41. The van der Waals surface area contributed by atoms with Crippen molar-refractivity contribution in [1.82, 2.24) is 10.3 Å². The van der Waals surface area contributed by atoms with Crippen molar-refractivity contribution in [3.8, 4) is 5.75 Å². The maximum absolute atomic E-state index is 12.6. The Morgan fingerprint density at radius 2 is 1.82 bits per heavy atom. The van der Waals surface area contributed by atoms with Gasteiger partial charge in [-0.3, -0.25) is 4.79 Å². The predicted octanol–water partition coefficient (Wildman–Crippen LogP) is 3.05. The summed E-state index contributed by atoms with van der Waals surface area (Å²) in [7, 11) is 0. The number of nitrogens with one attached hydrogen (secondary N) is 1. The van der Waals surface area contributed by atoms with Crippen molar-refractivity contribution in [3.05, 3.63) is 59.7 Å². The highest BCUT2D eigenvalue weighted by molar-refractivity contribution is 5.93. The summed E-state index contributed by atoms with van der Waals surface area (Å²) < 4.78 is 52.4. The summed E-state index contributed by atoms with van der Waals surface area (Å²) >= 11 is 0. The molecular formula is C14H10F4N2O2. The zero-order chi connectivity index (χ0) is 16.2. The van der Waals surface area contributed by atoms with E-state index in [9.17, 15) is 22.4 Å². The van der Waals surface area contributed by atoms with E-state index >= 15 is 0 Å². The Morgan fingerprint density at radius 1 is 1.14 bits per heavy atom. The summed E-state index contributed by atoms with van der Waals surface area (Å²) in [6.45, 7) is 0.0997. The van der Waals surface area contributed by atoms with Crippen molar-refractivity contribution in [2.75, 3.05) is 0 Å². The number of carbonyl (C=O) groups excluding carboxylic acids is 1. The van der Waals surface area contributed by atoms with Gasteiger partial charge in [-0.2, -0.15) is 4.39 Å². The molecule has 0 saturated carbocycles. The van der Waals surface area contributed by atoms with E-state index in [0.29, 0.717) is 5.56 Å². The van der Waals surface area contributed by atoms with Crippen LogP contribution in [0.25, 0.3) is 0 Å². The molecule has 0 fully saturated rings. The number of nitrogens with zero attached hydrogens (tertiary/aromatic N) is 1. The lowest BCUT2D eigenvalue weighted by Crippen LogP contribution is -2.23. The molecule has 2 rings (SSSR count). The zero-order valence-electron chi connectivity index (χ0n) is 11.0. The second kappa shape index (κ2) is 6.42. The average Bonchev–Trinajstić information content (AvgIpc) is 2.45. The largest absolute Gasteiger partial charge is 0.573 e. The first kappa shape index (κ1) is 15.7. The average molecular weight is 314 g/mol. The number of hydrogen-bond donors (Lipinski definition) is 1. The highest BCUT2D eigenvalue weighted by Gasteiger charge is 2.30. The molecule has 1 N–H and O–H groups in total. The number of benzene rings is 1. The minimum absolute atomic E-state index is 0.0997. The van der Waals surface area contributed by atoms with Gasteiger partial charge in [0.25, 0.3) is 5.91 Å². The first-order chi connectivity index (χ1) is 10.3. The zero-order valence-corrected chi connectivity index (χ0v) is 11.0. The van der Waals surface area contributed by atoms with Crippen molar-refractivity contribution in [3.63, 3.8) is 0 Å². The topological polar surface area (TPSA) is 51.2 Å². The standard InChI is InChI=1S/C14H10F4N2O2/c15-12-6-3-10(8-19-12)13(21)20-7-9-1-4-11(5-2-9)22-14(16,17)18/h1-6,8H,7H2,(H,20,21). The van der Waals surface area contributed by atoms with Crippen molar-refractivity contribution in [1.29, 1.82) is 0 Å². The minimum atomic E-state index is -4.74. The molecule has 0 unspecified atom stereocenters. The first-order valence-corrected chi connectivity index (χ1v) is 6.08. The molecule has 0 atom stereocenters. The first-order valence-electron chi connectivity index (χ1n) is 6.08. The lowest BCUT2D eigenvalue weighted by Gasteiger charge is -2.09. The van der Waals surface area contributed by atoms with E-state index in [1.807, 2.05) is 0 Å². The number of pyridine rings is 1. The molecular weight excluding hydrogens is 304 g/mol. The third-order valence-electron chi connectivity index (χ3n) is 2.60. The Balaban J connectivity index is 1.91. The number of aromatic nitrogens is 1. The SMILES string of the molecule is O=C(NCc1ccc(OC(F)(F)F)cc1)c1ccc(F)nc1. The van der Waals surface area contributed by atoms with E-state index in [1.54, 1.807) is 0 Å². The van der Waals surface area contributed by atoms with E-state index < -0.39 is 18.2 Å². The summed E-state index contributed by atoms with van der Waals surface area (Å²) in [6.07, 6.45) is -3.66. The van der Waals surface area contributed by atoms with Crippen LogP contribution in [0.1, 0.15) is 15.9 Å². The lowest BCUT2D eigenvalue weighted by atomic mass is 10.2. The Hall–Kier alpha value is -2.64. The molecule has 8 heteroatoms. The van der Waals surface area contributed by atoms with E-state index in [1.165, 1.54) is 18.2 Å². The highest BCUT2D eigenvalue weighted by atomic mass is 19.4. The Labute approximate surface area is 122 Å². The number of hydrogen-bond acceptors (Lipinski definition) is 3. The van der Waals surface area contributed by atoms with Crippen LogP contribution in [0.4, 0.5) is 17.6 Å². The predicted molar refractivity (Wildman–Crippen MR) is 68.5 cm³/mol. The van der Waals surface area contributed by atoms with Gasteiger partial charge in [-0.05, 0) is 29.8 Å². The fourth-order valence-electron chi connectivity index (χ4n) is 1.60. The number of alkyl halides is 3. The van der Waals surface area contributed by atoms with Crippen LogP contribution in [-0.4, -0.2) is 17.3 Å². The number of rotatable bonds is 4. The highest BCUT2D eigenvalue weighted by Crippen LogP contribution is 2.22. The molecule has 22 heavy (non-hydrogen) atoms. The third kappa shape index (κ3) is 4.72. The number of amides is 1. The molecule has 0 aliphatic heterocycles. The summed E-state index contributed by atoms with van der Waals surface area (Å²) in [5.74, 6) is -1.51. The van der Waals surface area contributed by atoms with E-state index in [2.05, 4.69) is 15.0 Å². The summed E-state index contributed by atoms with van der Waals surface area (Å²) in [5, 5.41) is 2.54. The molecule has 0 bridgehead atoms. The lowest BCUT2D eigenvalue weighted by molar-refractivity contribution is -0.274. The third-order valence-corrected chi connectivity index (χ3v) is 2.60. The molecule has 116 valence electrons. The number of ether oxygens (including phenoxy) is 1. The van der Waals surface area contributed by atoms with Crippen molar-refractivity contribution >= 4 is 5.91 Å². The van der Waals surface area contributed by atoms with Gasteiger partial charge >= 0.3 is 6.36 Å². The van der Waals surface area contributed by atoms with E-state index in [0.717, 1.165) is 24.4 Å².